The first kappa shape index (κ1) is 16.3. The Morgan fingerprint density at radius 2 is 1.43 bits per heavy atom. The smallest absolute Gasteiger partial charge is 0.0576 e. The quantitative estimate of drug-likeness (QED) is 0.744. The van der Waals surface area contributed by atoms with Gasteiger partial charge in [0.2, 0.25) is 0 Å². The molecular formula is C19H24BrN. The summed E-state index contributed by atoms with van der Waals surface area (Å²) in [6, 6.07) is 17.9. The summed E-state index contributed by atoms with van der Waals surface area (Å²) >= 11 is 3.50. The van der Waals surface area contributed by atoms with Crippen molar-refractivity contribution in [1.29, 1.82) is 0 Å². The number of hydrogen-bond donors (Lipinski definition) is 1. The Hall–Kier alpha value is -1.12. The molecule has 112 valence electrons. The summed E-state index contributed by atoms with van der Waals surface area (Å²) in [5.74, 6) is 0.701. The zero-order valence-electron chi connectivity index (χ0n) is 13.1. The van der Waals surface area contributed by atoms with Crippen LogP contribution >= 0.6 is 15.9 Å². The first-order chi connectivity index (χ1) is 10.1. The second-order valence-electron chi connectivity index (χ2n) is 5.88. The van der Waals surface area contributed by atoms with Crippen molar-refractivity contribution in [3.05, 3.63) is 69.7 Å². The van der Waals surface area contributed by atoms with Gasteiger partial charge in [0, 0.05) is 4.47 Å². The molecule has 0 saturated heterocycles. The highest BCUT2D eigenvalue weighted by molar-refractivity contribution is 9.10. The lowest BCUT2D eigenvalue weighted by atomic mass is 9.95. The normalized spacial score (nSPS) is 12.6. The molecule has 2 heteroatoms. The van der Waals surface area contributed by atoms with Gasteiger partial charge in [0.15, 0.2) is 0 Å². The summed E-state index contributed by atoms with van der Waals surface area (Å²) < 4.78 is 1.12. The van der Waals surface area contributed by atoms with E-state index in [1.54, 1.807) is 0 Å². The molecule has 0 amide bonds. The van der Waals surface area contributed by atoms with E-state index >= 15 is 0 Å². The zero-order chi connectivity index (χ0) is 15.2. The van der Waals surface area contributed by atoms with Crippen molar-refractivity contribution < 1.29 is 0 Å². The van der Waals surface area contributed by atoms with Gasteiger partial charge in [-0.05, 0) is 47.7 Å². The van der Waals surface area contributed by atoms with Gasteiger partial charge in [-0.2, -0.15) is 0 Å². The van der Waals surface area contributed by atoms with E-state index in [9.17, 15) is 0 Å². The van der Waals surface area contributed by atoms with Crippen LogP contribution in [-0.2, 0) is 6.42 Å². The molecule has 1 nitrogen and oxygen atoms in total. The Morgan fingerprint density at radius 1 is 0.905 bits per heavy atom. The molecule has 1 unspecified atom stereocenters. The summed E-state index contributed by atoms with van der Waals surface area (Å²) in [6.45, 7) is 7.63. The van der Waals surface area contributed by atoms with Crippen molar-refractivity contribution >= 4 is 15.9 Å². The van der Waals surface area contributed by atoms with Crippen molar-refractivity contribution in [1.82, 2.24) is 5.32 Å². The monoisotopic (exact) mass is 345 g/mol. The highest BCUT2D eigenvalue weighted by Gasteiger charge is 2.12. The van der Waals surface area contributed by atoms with E-state index in [1.807, 2.05) is 0 Å². The van der Waals surface area contributed by atoms with Gasteiger partial charge in [0.25, 0.3) is 0 Å². The van der Waals surface area contributed by atoms with Gasteiger partial charge < -0.3 is 5.32 Å². The maximum absolute atomic E-state index is 3.58. The molecule has 2 aromatic carbocycles. The molecule has 0 bridgehead atoms. The number of rotatable bonds is 6. The number of nitrogens with one attached hydrogen (secondary N) is 1. The fraction of sp³-hybridized carbons (Fsp3) is 0.368. The van der Waals surface area contributed by atoms with Gasteiger partial charge in [-0.3, -0.25) is 0 Å². The van der Waals surface area contributed by atoms with Crippen molar-refractivity contribution in [2.75, 3.05) is 6.54 Å². The van der Waals surface area contributed by atoms with Crippen LogP contribution in [-0.4, -0.2) is 6.54 Å². The summed E-state index contributed by atoms with van der Waals surface area (Å²) in [4.78, 5) is 0. The lowest BCUT2D eigenvalue weighted by molar-refractivity contribution is 0.627. The Kier molecular flexibility index (Phi) is 6.01. The van der Waals surface area contributed by atoms with Gasteiger partial charge >= 0.3 is 0 Å². The average Bonchev–Trinajstić information content (AvgIpc) is 2.46. The Morgan fingerprint density at radius 3 is 1.90 bits per heavy atom. The van der Waals surface area contributed by atoms with Crippen LogP contribution in [0.15, 0.2) is 53.0 Å². The lowest BCUT2D eigenvalue weighted by Gasteiger charge is -2.19. The molecule has 2 rings (SSSR count). The predicted molar refractivity (Wildman–Crippen MR) is 94.6 cm³/mol. The molecule has 0 heterocycles. The predicted octanol–water partition coefficient (Wildman–Crippen LogP) is 5.35. The maximum atomic E-state index is 3.58. The van der Waals surface area contributed by atoms with Crippen LogP contribution < -0.4 is 5.32 Å². The first-order valence-electron chi connectivity index (χ1n) is 7.67. The molecule has 0 aliphatic rings. The van der Waals surface area contributed by atoms with E-state index in [0.29, 0.717) is 5.92 Å². The van der Waals surface area contributed by atoms with E-state index in [0.717, 1.165) is 17.4 Å². The van der Waals surface area contributed by atoms with Crippen LogP contribution in [0.25, 0.3) is 0 Å². The third kappa shape index (κ3) is 4.69. The Balaban J connectivity index is 2.23. The molecule has 0 aliphatic heterocycles. The van der Waals surface area contributed by atoms with E-state index in [2.05, 4.69) is 90.5 Å². The van der Waals surface area contributed by atoms with E-state index in [-0.39, 0.29) is 6.04 Å². The molecule has 2 aromatic rings. The number of hydrogen-bond acceptors (Lipinski definition) is 1. The van der Waals surface area contributed by atoms with Crippen LogP contribution in [0, 0.1) is 5.92 Å². The third-order valence-electron chi connectivity index (χ3n) is 3.57. The Labute approximate surface area is 136 Å². The van der Waals surface area contributed by atoms with E-state index < -0.39 is 0 Å². The van der Waals surface area contributed by atoms with Crippen molar-refractivity contribution in [2.24, 2.45) is 5.92 Å². The van der Waals surface area contributed by atoms with Crippen LogP contribution in [0.4, 0.5) is 0 Å². The molecule has 0 fully saturated rings. The summed E-state index contributed by atoms with van der Waals surface area (Å²) in [5.41, 5.74) is 4.04. The topological polar surface area (TPSA) is 12.0 Å². The molecule has 0 spiro atoms. The molecule has 0 saturated carbocycles. The van der Waals surface area contributed by atoms with Crippen molar-refractivity contribution in [3.63, 3.8) is 0 Å². The van der Waals surface area contributed by atoms with Gasteiger partial charge in [0.05, 0.1) is 6.04 Å². The molecule has 0 aromatic heterocycles. The number of benzene rings is 2. The van der Waals surface area contributed by atoms with Crippen LogP contribution in [0.5, 0.6) is 0 Å². The second-order valence-corrected chi connectivity index (χ2v) is 6.80. The van der Waals surface area contributed by atoms with Gasteiger partial charge in [-0.25, -0.2) is 0 Å². The third-order valence-corrected chi connectivity index (χ3v) is 4.10. The second kappa shape index (κ2) is 7.77. The number of halogens is 1. The highest BCUT2D eigenvalue weighted by atomic mass is 79.9. The largest absolute Gasteiger partial charge is 0.307 e. The average molecular weight is 346 g/mol. The van der Waals surface area contributed by atoms with Crippen molar-refractivity contribution in [3.8, 4) is 0 Å². The molecule has 0 radical (unpaired) electrons. The summed E-state index contributed by atoms with van der Waals surface area (Å²) in [5, 5.41) is 3.58. The highest BCUT2D eigenvalue weighted by Crippen LogP contribution is 2.24. The minimum atomic E-state index is 0.260. The fourth-order valence-corrected chi connectivity index (χ4v) is 2.87. The van der Waals surface area contributed by atoms with Gasteiger partial charge in [-0.15, -0.1) is 0 Å². The fourth-order valence-electron chi connectivity index (χ4n) is 2.61. The SMILES string of the molecule is CCNC(c1ccc(Br)cc1)c1ccc(CC(C)C)cc1. The summed E-state index contributed by atoms with van der Waals surface area (Å²) in [6.07, 6.45) is 1.14. The maximum Gasteiger partial charge on any atom is 0.0576 e. The standard InChI is InChI=1S/C19H24BrN/c1-4-21-19(17-9-11-18(20)12-10-17)16-7-5-15(6-8-16)13-14(2)3/h5-12,14,19,21H,4,13H2,1-3H3. The van der Waals surface area contributed by atoms with E-state index in [4.69, 9.17) is 0 Å². The summed E-state index contributed by atoms with van der Waals surface area (Å²) in [7, 11) is 0. The minimum Gasteiger partial charge on any atom is -0.307 e. The first-order valence-corrected chi connectivity index (χ1v) is 8.47. The van der Waals surface area contributed by atoms with Gasteiger partial charge in [0.1, 0.15) is 0 Å². The van der Waals surface area contributed by atoms with Crippen LogP contribution in [0.1, 0.15) is 43.5 Å². The molecule has 21 heavy (non-hydrogen) atoms. The van der Waals surface area contributed by atoms with E-state index in [1.165, 1.54) is 16.7 Å². The lowest BCUT2D eigenvalue weighted by Crippen LogP contribution is -2.21. The van der Waals surface area contributed by atoms with Crippen molar-refractivity contribution in [2.45, 2.75) is 33.2 Å². The van der Waals surface area contributed by atoms with Gasteiger partial charge in [-0.1, -0.05) is 73.1 Å². The molecular weight excluding hydrogens is 322 g/mol. The van der Waals surface area contributed by atoms with Crippen LogP contribution in [0.3, 0.4) is 0 Å². The minimum absolute atomic E-state index is 0.260. The van der Waals surface area contributed by atoms with Crippen LogP contribution in [0.2, 0.25) is 0 Å². The molecule has 1 N–H and O–H groups in total. The molecule has 1 atom stereocenters. The molecule has 0 aliphatic carbocycles. The Bertz CT molecular complexity index is 543. The zero-order valence-corrected chi connectivity index (χ0v) is 14.7.